The van der Waals surface area contributed by atoms with Crippen LogP contribution in [0.1, 0.15) is 20.2 Å². The molecule has 0 radical (unpaired) electrons. The summed E-state index contributed by atoms with van der Waals surface area (Å²) in [5.74, 6) is -1.13. The van der Waals surface area contributed by atoms with Crippen LogP contribution in [0.2, 0.25) is 0 Å². The van der Waals surface area contributed by atoms with Crippen LogP contribution in [0, 0.1) is 12.7 Å². The Bertz CT molecular complexity index is 643. The molecule has 7 heteroatoms. The van der Waals surface area contributed by atoms with Crippen LogP contribution in [-0.4, -0.2) is 18.1 Å². The maximum absolute atomic E-state index is 13.8. The lowest BCUT2D eigenvalue weighted by molar-refractivity contribution is 0.0602. The zero-order valence-electron chi connectivity index (χ0n) is 11.1. The van der Waals surface area contributed by atoms with Crippen LogP contribution in [0.15, 0.2) is 18.3 Å². The zero-order chi connectivity index (χ0) is 14.7. The van der Waals surface area contributed by atoms with Crippen LogP contribution in [0.4, 0.5) is 15.8 Å². The number of rotatable bonds is 4. The van der Waals surface area contributed by atoms with Gasteiger partial charge in [0.25, 0.3) is 0 Å². The first-order valence-electron chi connectivity index (χ1n) is 5.83. The summed E-state index contributed by atoms with van der Waals surface area (Å²) in [5, 5.41) is 3.73. The Labute approximate surface area is 119 Å². The van der Waals surface area contributed by atoms with Gasteiger partial charge in [0.2, 0.25) is 0 Å². The highest BCUT2D eigenvalue weighted by molar-refractivity contribution is 7.11. The lowest BCUT2D eigenvalue weighted by atomic mass is 10.1. The SMILES string of the molecule is COC(=O)c1cc(NCc2ncc(C)s2)c(F)cc1N. The number of carbonyl (C=O) groups excluding carboxylic acids is 1. The highest BCUT2D eigenvalue weighted by Gasteiger charge is 2.14. The number of esters is 1. The van der Waals surface area contributed by atoms with E-state index in [4.69, 9.17) is 5.73 Å². The molecule has 0 amide bonds. The second-order valence-electron chi connectivity index (χ2n) is 4.13. The Balaban J connectivity index is 2.20. The highest BCUT2D eigenvalue weighted by Crippen LogP contribution is 2.24. The maximum Gasteiger partial charge on any atom is 0.340 e. The van der Waals surface area contributed by atoms with E-state index >= 15 is 0 Å². The number of hydrogen-bond donors (Lipinski definition) is 2. The molecular formula is C13H14FN3O2S. The number of thiazole rings is 1. The number of aromatic nitrogens is 1. The number of ether oxygens (including phenoxy) is 1. The quantitative estimate of drug-likeness (QED) is 0.669. The first kappa shape index (κ1) is 14.3. The molecule has 2 aromatic rings. The van der Waals surface area contributed by atoms with Crippen LogP contribution in [0.5, 0.6) is 0 Å². The van der Waals surface area contributed by atoms with Crippen molar-refractivity contribution in [3.8, 4) is 0 Å². The molecule has 106 valence electrons. The fourth-order valence-electron chi connectivity index (χ4n) is 1.66. The Hall–Kier alpha value is -2.15. The van der Waals surface area contributed by atoms with Crippen LogP contribution in [-0.2, 0) is 11.3 Å². The summed E-state index contributed by atoms with van der Waals surface area (Å²) in [6.45, 7) is 2.32. The van der Waals surface area contributed by atoms with Crippen molar-refractivity contribution in [1.29, 1.82) is 0 Å². The van der Waals surface area contributed by atoms with Gasteiger partial charge >= 0.3 is 5.97 Å². The van der Waals surface area contributed by atoms with Crippen molar-refractivity contribution in [2.24, 2.45) is 0 Å². The van der Waals surface area contributed by atoms with Crippen molar-refractivity contribution < 1.29 is 13.9 Å². The first-order valence-corrected chi connectivity index (χ1v) is 6.65. The van der Waals surface area contributed by atoms with Crippen molar-refractivity contribution in [3.63, 3.8) is 0 Å². The Morgan fingerprint density at radius 3 is 2.90 bits per heavy atom. The normalized spacial score (nSPS) is 10.3. The summed E-state index contributed by atoms with van der Waals surface area (Å²) >= 11 is 1.52. The molecule has 2 rings (SSSR count). The molecular weight excluding hydrogens is 281 g/mol. The van der Waals surface area contributed by atoms with E-state index in [1.807, 2.05) is 6.92 Å². The third kappa shape index (κ3) is 3.05. The van der Waals surface area contributed by atoms with E-state index in [0.717, 1.165) is 16.0 Å². The van der Waals surface area contributed by atoms with Crippen LogP contribution < -0.4 is 11.1 Å². The van der Waals surface area contributed by atoms with Crippen LogP contribution in [0.3, 0.4) is 0 Å². The van der Waals surface area contributed by atoms with E-state index in [-0.39, 0.29) is 16.9 Å². The summed E-state index contributed by atoms with van der Waals surface area (Å²) in [7, 11) is 1.25. The molecule has 0 saturated heterocycles. The van der Waals surface area contributed by atoms with Gasteiger partial charge in [-0.2, -0.15) is 0 Å². The van der Waals surface area contributed by atoms with Crippen molar-refractivity contribution in [3.05, 3.63) is 39.6 Å². The van der Waals surface area contributed by atoms with Gasteiger partial charge in [-0.05, 0) is 19.1 Å². The molecule has 0 atom stereocenters. The molecule has 0 aliphatic carbocycles. The van der Waals surface area contributed by atoms with Gasteiger partial charge in [0.15, 0.2) is 0 Å². The van der Waals surface area contributed by atoms with E-state index in [0.29, 0.717) is 6.54 Å². The minimum Gasteiger partial charge on any atom is -0.465 e. The third-order valence-electron chi connectivity index (χ3n) is 2.64. The second kappa shape index (κ2) is 5.87. The van der Waals surface area contributed by atoms with Gasteiger partial charge in [-0.1, -0.05) is 0 Å². The number of hydrogen-bond acceptors (Lipinski definition) is 6. The molecule has 0 saturated carbocycles. The summed E-state index contributed by atoms with van der Waals surface area (Å²) in [5.41, 5.74) is 5.96. The number of methoxy groups -OCH3 is 1. The van der Waals surface area contributed by atoms with Gasteiger partial charge in [-0.3, -0.25) is 0 Å². The van der Waals surface area contributed by atoms with Gasteiger partial charge in [0, 0.05) is 16.8 Å². The number of carbonyl (C=O) groups is 1. The molecule has 1 aromatic carbocycles. The highest BCUT2D eigenvalue weighted by atomic mass is 32.1. The standard InChI is InChI=1S/C13H14FN3O2S/c1-7-5-17-12(20-7)6-16-11-3-8(13(18)19-2)10(15)4-9(11)14/h3-5,16H,6,15H2,1-2H3. The third-order valence-corrected chi connectivity index (χ3v) is 3.56. The predicted molar refractivity (Wildman–Crippen MR) is 76.3 cm³/mol. The average molecular weight is 295 g/mol. The lowest BCUT2D eigenvalue weighted by Crippen LogP contribution is -2.09. The number of nitrogens with one attached hydrogen (secondary N) is 1. The van der Waals surface area contributed by atoms with E-state index in [2.05, 4.69) is 15.0 Å². The predicted octanol–water partition coefficient (Wildman–Crippen LogP) is 2.57. The van der Waals surface area contributed by atoms with Crippen molar-refractivity contribution in [1.82, 2.24) is 4.98 Å². The summed E-state index contributed by atoms with van der Waals surface area (Å²) in [6.07, 6.45) is 1.75. The zero-order valence-corrected chi connectivity index (χ0v) is 11.9. The summed E-state index contributed by atoms with van der Waals surface area (Å²) < 4.78 is 18.4. The van der Waals surface area contributed by atoms with E-state index in [9.17, 15) is 9.18 Å². The molecule has 20 heavy (non-hydrogen) atoms. The Morgan fingerprint density at radius 1 is 1.55 bits per heavy atom. The van der Waals surface area contributed by atoms with E-state index in [1.165, 1.54) is 24.5 Å². The van der Waals surface area contributed by atoms with E-state index in [1.54, 1.807) is 6.20 Å². The largest absolute Gasteiger partial charge is 0.465 e. The minimum absolute atomic E-state index is 0.0463. The van der Waals surface area contributed by atoms with Crippen molar-refractivity contribution >= 4 is 28.7 Å². The van der Waals surface area contributed by atoms with Gasteiger partial charge in [-0.25, -0.2) is 14.2 Å². The van der Waals surface area contributed by atoms with Gasteiger partial charge in [0.1, 0.15) is 10.8 Å². The number of anilines is 2. The van der Waals surface area contributed by atoms with Crippen LogP contribution >= 0.6 is 11.3 Å². The molecule has 3 N–H and O–H groups in total. The maximum atomic E-state index is 13.8. The number of nitrogen functional groups attached to an aromatic ring is 1. The number of nitrogens with zero attached hydrogens (tertiary/aromatic N) is 1. The van der Waals surface area contributed by atoms with Crippen molar-refractivity contribution in [2.75, 3.05) is 18.2 Å². The fraction of sp³-hybridized carbons (Fsp3) is 0.231. The van der Waals surface area contributed by atoms with Crippen LogP contribution in [0.25, 0.3) is 0 Å². The second-order valence-corrected chi connectivity index (χ2v) is 5.45. The molecule has 0 aliphatic heterocycles. The summed E-state index contributed by atoms with van der Waals surface area (Å²) in [6, 6.07) is 2.44. The number of benzene rings is 1. The molecule has 0 fully saturated rings. The van der Waals surface area contributed by atoms with Gasteiger partial charge < -0.3 is 15.8 Å². The number of aryl methyl sites for hydroxylation is 1. The molecule has 0 spiro atoms. The molecule has 0 unspecified atom stereocenters. The molecule has 1 heterocycles. The number of nitrogens with two attached hydrogens (primary N) is 1. The fourth-order valence-corrected chi connectivity index (χ4v) is 2.39. The lowest BCUT2D eigenvalue weighted by Gasteiger charge is -2.10. The van der Waals surface area contributed by atoms with Gasteiger partial charge in [0.05, 0.1) is 24.9 Å². The summed E-state index contributed by atoms with van der Waals surface area (Å²) in [4.78, 5) is 16.8. The number of halogens is 1. The van der Waals surface area contributed by atoms with E-state index < -0.39 is 11.8 Å². The monoisotopic (exact) mass is 295 g/mol. The average Bonchev–Trinajstić information content (AvgIpc) is 2.83. The first-order chi connectivity index (χ1) is 9.51. The molecule has 0 aliphatic rings. The Kier molecular flexibility index (Phi) is 4.19. The topological polar surface area (TPSA) is 77.2 Å². The minimum atomic E-state index is -0.601. The molecule has 5 nitrogen and oxygen atoms in total. The van der Waals surface area contributed by atoms with Gasteiger partial charge in [-0.15, -0.1) is 11.3 Å². The molecule has 1 aromatic heterocycles. The van der Waals surface area contributed by atoms with Crippen molar-refractivity contribution in [2.45, 2.75) is 13.5 Å². The molecule has 0 bridgehead atoms. The Morgan fingerprint density at radius 2 is 2.30 bits per heavy atom. The smallest absolute Gasteiger partial charge is 0.340 e.